The second-order valence-corrected chi connectivity index (χ2v) is 13.1. The summed E-state index contributed by atoms with van der Waals surface area (Å²) in [5, 5.41) is 2.71. The third kappa shape index (κ3) is 8.41. The molecule has 242 valence electrons. The third-order valence-corrected chi connectivity index (χ3v) is 8.26. The summed E-state index contributed by atoms with van der Waals surface area (Å²) in [7, 11) is -2.68. The van der Waals surface area contributed by atoms with E-state index in [1.807, 2.05) is 26.8 Å². The highest BCUT2D eigenvalue weighted by atomic mass is 32.2. The zero-order valence-corrected chi connectivity index (χ0v) is 27.2. The van der Waals surface area contributed by atoms with Crippen LogP contribution in [0.3, 0.4) is 0 Å². The summed E-state index contributed by atoms with van der Waals surface area (Å²) in [6, 6.07) is 27.7. The van der Waals surface area contributed by atoms with Crippen molar-refractivity contribution in [2.75, 3.05) is 23.8 Å². The number of hydrogen-bond acceptors (Lipinski definition) is 9. The van der Waals surface area contributed by atoms with Gasteiger partial charge in [0.25, 0.3) is 15.9 Å². The number of benzene rings is 3. The molecule has 0 atom stereocenters. The van der Waals surface area contributed by atoms with Gasteiger partial charge in [-0.3, -0.25) is 9.52 Å². The van der Waals surface area contributed by atoms with Gasteiger partial charge in [-0.2, -0.15) is 4.98 Å². The molecule has 0 aliphatic rings. The van der Waals surface area contributed by atoms with E-state index in [4.69, 9.17) is 14.2 Å². The molecule has 12 heteroatoms. The lowest BCUT2D eigenvalue weighted by molar-refractivity contribution is -0.116. The van der Waals surface area contributed by atoms with Crippen LogP contribution in [0.2, 0.25) is 0 Å². The Hall–Kier alpha value is -5.49. The Morgan fingerprint density at radius 1 is 0.830 bits per heavy atom. The minimum absolute atomic E-state index is 0.0299. The average molecular weight is 654 g/mol. The van der Waals surface area contributed by atoms with Gasteiger partial charge in [0.05, 0.1) is 25.0 Å². The second-order valence-electron chi connectivity index (χ2n) is 11.4. The highest BCUT2D eigenvalue weighted by Gasteiger charge is 2.26. The van der Waals surface area contributed by atoms with E-state index in [0.29, 0.717) is 17.1 Å². The number of aromatic nitrogens is 3. The molecular formula is C35H35N5O6S. The van der Waals surface area contributed by atoms with Crippen molar-refractivity contribution in [1.82, 2.24) is 15.0 Å². The van der Waals surface area contributed by atoms with Gasteiger partial charge >= 0.3 is 0 Å². The van der Waals surface area contributed by atoms with Crippen LogP contribution in [0.4, 0.5) is 11.6 Å². The molecule has 47 heavy (non-hydrogen) atoms. The predicted molar refractivity (Wildman–Crippen MR) is 179 cm³/mol. The summed E-state index contributed by atoms with van der Waals surface area (Å²) >= 11 is 0. The van der Waals surface area contributed by atoms with Gasteiger partial charge in [0, 0.05) is 11.8 Å². The molecule has 3 aromatic carbocycles. The highest BCUT2D eigenvalue weighted by Crippen LogP contribution is 2.41. The van der Waals surface area contributed by atoms with Crippen molar-refractivity contribution in [1.29, 1.82) is 0 Å². The zero-order chi connectivity index (χ0) is 33.4. The van der Waals surface area contributed by atoms with Crippen LogP contribution in [0.1, 0.15) is 32.8 Å². The Labute approximate surface area is 274 Å². The number of rotatable bonds is 12. The topological polar surface area (TPSA) is 142 Å². The van der Waals surface area contributed by atoms with Crippen LogP contribution in [0.25, 0.3) is 11.4 Å². The minimum atomic E-state index is -4.17. The van der Waals surface area contributed by atoms with Crippen LogP contribution in [0.5, 0.6) is 23.1 Å². The number of nitrogens with zero attached hydrogens (tertiary/aromatic N) is 3. The molecule has 2 aromatic heterocycles. The molecule has 0 aliphatic carbocycles. The summed E-state index contributed by atoms with van der Waals surface area (Å²) in [5.74, 6) is 0.506. The highest BCUT2D eigenvalue weighted by molar-refractivity contribution is 7.92. The molecule has 0 aliphatic heterocycles. The first-order chi connectivity index (χ1) is 22.5. The number of methoxy groups -OCH3 is 1. The van der Waals surface area contributed by atoms with Crippen molar-refractivity contribution in [2.45, 2.75) is 37.5 Å². The molecule has 0 bridgehead atoms. The Bertz CT molecular complexity index is 1930. The molecule has 11 nitrogen and oxygen atoms in total. The van der Waals surface area contributed by atoms with Crippen molar-refractivity contribution in [3.8, 4) is 34.5 Å². The van der Waals surface area contributed by atoms with Crippen molar-refractivity contribution >= 4 is 27.6 Å². The second kappa shape index (κ2) is 14.3. The van der Waals surface area contributed by atoms with Crippen molar-refractivity contribution in [3.63, 3.8) is 0 Å². The molecule has 0 radical (unpaired) electrons. The molecule has 0 unspecified atom stereocenters. The monoisotopic (exact) mass is 653 g/mol. The number of para-hydroxylation sites is 2. The summed E-state index contributed by atoms with van der Waals surface area (Å²) in [6.45, 7) is 6.02. The summed E-state index contributed by atoms with van der Waals surface area (Å²) < 4.78 is 47.9. The lowest BCUT2D eigenvalue weighted by atomic mass is 9.87. The van der Waals surface area contributed by atoms with Crippen LogP contribution in [-0.2, 0) is 20.2 Å². The molecule has 2 heterocycles. The van der Waals surface area contributed by atoms with Gasteiger partial charge in [-0.25, -0.2) is 18.4 Å². The first kappa shape index (κ1) is 32.9. The molecule has 5 rings (SSSR count). The first-order valence-electron chi connectivity index (χ1n) is 14.8. The maximum atomic E-state index is 13.8. The number of anilines is 2. The largest absolute Gasteiger partial charge is 0.493 e. The molecule has 2 N–H and O–H groups in total. The van der Waals surface area contributed by atoms with E-state index in [-0.39, 0.29) is 58.3 Å². The lowest BCUT2D eigenvalue weighted by Crippen LogP contribution is -2.18. The fraction of sp³-hybridized carbons (Fsp3) is 0.200. The standard InChI is InChI=1S/C35H35N5O6S/c1-35(2,3)25-17-19-26(20-18-25)47(42,43)40-33-31(46-28-15-9-8-14-27(28)44-4)34(39-32(38-33)24-12-6-5-7-13-24)45-23-21-30(41)37-29-16-10-11-22-36-29/h5-20,22H,21,23H2,1-4H3,(H,36,37,41)(H,38,39,40). The van der Waals surface area contributed by atoms with E-state index in [9.17, 15) is 13.2 Å². The van der Waals surface area contributed by atoms with Crippen LogP contribution in [0, 0.1) is 0 Å². The molecule has 5 aromatic rings. The van der Waals surface area contributed by atoms with Gasteiger partial charge in [-0.15, -0.1) is 0 Å². The Morgan fingerprint density at radius 2 is 1.51 bits per heavy atom. The van der Waals surface area contributed by atoms with Crippen molar-refractivity contribution < 1.29 is 27.4 Å². The normalized spacial score (nSPS) is 11.4. The van der Waals surface area contributed by atoms with E-state index in [2.05, 4.69) is 25.0 Å². The summed E-state index contributed by atoms with van der Waals surface area (Å²) in [6.07, 6.45) is 1.51. The molecule has 0 fully saturated rings. The maximum absolute atomic E-state index is 13.8. The number of hydrogen-bond donors (Lipinski definition) is 2. The number of amides is 1. The number of carbonyl (C=O) groups excluding carboxylic acids is 1. The Kier molecular flexibility index (Phi) is 10.0. The fourth-order valence-corrected chi connectivity index (χ4v) is 5.43. The van der Waals surface area contributed by atoms with Gasteiger partial charge < -0.3 is 19.5 Å². The fourth-order valence-electron chi connectivity index (χ4n) is 4.42. The number of ether oxygens (including phenoxy) is 3. The van der Waals surface area contributed by atoms with Gasteiger partial charge in [0.15, 0.2) is 23.1 Å². The number of sulfonamides is 1. The predicted octanol–water partition coefficient (Wildman–Crippen LogP) is 6.85. The molecular weight excluding hydrogens is 618 g/mol. The molecule has 0 saturated carbocycles. The number of nitrogens with one attached hydrogen (secondary N) is 2. The van der Waals surface area contributed by atoms with E-state index >= 15 is 0 Å². The van der Waals surface area contributed by atoms with E-state index in [1.54, 1.807) is 97.2 Å². The smallest absolute Gasteiger partial charge is 0.263 e. The Balaban J connectivity index is 1.55. The van der Waals surface area contributed by atoms with Gasteiger partial charge in [-0.05, 0) is 47.4 Å². The maximum Gasteiger partial charge on any atom is 0.263 e. The van der Waals surface area contributed by atoms with Gasteiger partial charge in [-0.1, -0.05) is 81.4 Å². The summed E-state index contributed by atoms with van der Waals surface area (Å²) in [5.41, 5.74) is 1.42. The summed E-state index contributed by atoms with van der Waals surface area (Å²) in [4.78, 5) is 26.0. The minimum Gasteiger partial charge on any atom is -0.493 e. The molecule has 1 amide bonds. The number of carbonyl (C=O) groups is 1. The first-order valence-corrected chi connectivity index (χ1v) is 16.3. The van der Waals surface area contributed by atoms with Crippen LogP contribution in [-0.4, -0.2) is 43.0 Å². The van der Waals surface area contributed by atoms with Crippen LogP contribution in [0.15, 0.2) is 108 Å². The van der Waals surface area contributed by atoms with Gasteiger partial charge in [0.1, 0.15) is 5.82 Å². The van der Waals surface area contributed by atoms with Crippen molar-refractivity contribution in [2.24, 2.45) is 0 Å². The Morgan fingerprint density at radius 3 is 2.17 bits per heavy atom. The molecule has 0 spiro atoms. The van der Waals surface area contributed by atoms with E-state index < -0.39 is 10.0 Å². The van der Waals surface area contributed by atoms with E-state index in [1.165, 1.54) is 7.11 Å². The van der Waals surface area contributed by atoms with Crippen LogP contribution >= 0.6 is 0 Å². The van der Waals surface area contributed by atoms with Gasteiger partial charge in [0.2, 0.25) is 11.7 Å². The van der Waals surface area contributed by atoms with Crippen LogP contribution < -0.4 is 24.2 Å². The third-order valence-electron chi connectivity index (χ3n) is 6.91. The van der Waals surface area contributed by atoms with E-state index in [0.717, 1.165) is 5.56 Å². The van der Waals surface area contributed by atoms with Crippen molar-refractivity contribution in [3.05, 3.63) is 109 Å². The average Bonchev–Trinajstić information content (AvgIpc) is 3.06. The quantitative estimate of drug-likeness (QED) is 0.148. The lowest BCUT2D eigenvalue weighted by Gasteiger charge is -2.20. The SMILES string of the molecule is COc1ccccc1Oc1c(NS(=O)(=O)c2ccc(C(C)(C)C)cc2)nc(-c2ccccc2)nc1OCCC(=O)Nc1ccccn1. The molecule has 0 saturated heterocycles. The number of pyridine rings is 1. The zero-order valence-electron chi connectivity index (χ0n) is 26.4.